The van der Waals surface area contributed by atoms with Crippen molar-refractivity contribution in [2.24, 2.45) is 0 Å². The smallest absolute Gasteiger partial charge is 0.411 e. The molecule has 2 atom stereocenters. The fourth-order valence-corrected chi connectivity index (χ4v) is 10.4. The number of rotatable bonds is 19. The molecule has 0 saturated carbocycles. The summed E-state index contributed by atoms with van der Waals surface area (Å²) in [7, 11) is -10.2. The molecule has 0 spiro atoms. The van der Waals surface area contributed by atoms with Crippen LogP contribution in [0.1, 0.15) is 114 Å². The molecule has 73 heavy (non-hydrogen) atoms. The van der Waals surface area contributed by atoms with E-state index in [9.17, 15) is 45.0 Å². The second-order valence-electron chi connectivity index (χ2n) is 17.4. The number of ether oxygens (including phenoxy) is 2. The lowest BCUT2D eigenvalue weighted by molar-refractivity contribution is -0.288. The maximum absolute atomic E-state index is 15.2. The van der Waals surface area contributed by atoms with E-state index in [1.54, 1.807) is 27.7 Å². The lowest BCUT2D eigenvalue weighted by Gasteiger charge is -2.41. The number of hydrogen-bond acceptors (Lipinski definition) is 9. The number of carbonyl (C=O) groups excluding carboxylic acids is 2. The third kappa shape index (κ3) is 11.0. The van der Waals surface area contributed by atoms with Gasteiger partial charge in [0, 0.05) is 27.7 Å². The number of carbonyl (C=O) groups is 2. The van der Waals surface area contributed by atoms with Crippen LogP contribution in [0.4, 0.5) is 30.7 Å². The van der Waals surface area contributed by atoms with Crippen LogP contribution in [0, 0.1) is 0 Å². The monoisotopic (exact) mass is 1060 g/mol. The van der Waals surface area contributed by atoms with E-state index in [1.807, 2.05) is 0 Å². The molecular formula is C53H49F7O11S2. The summed E-state index contributed by atoms with van der Waals surface area (Å²) in [6.07, 6.45) is -12.5. The van der Waals surface area contributed by atoms with Gasteiger partial charge in [0.25, 0.3) is 20.2 Å². The standard InChI is InChI=1S/C53H49F7O11S2/c1-6-46(50(8-3,9-4)42-28-14-34(30-44(42)72(64,65)66)48(63)35-15-29-43(61)45(31-35)73(67,68)69)71-41-26-20-38(21-27-41)51(52(55,56)57,53(58,59)60)37-18-24-40(25-19-37)70-39-22-12-33(13-23-39)47(62)32-10-16-36(17-11-32)49(5,54)7-2/h10-31,46,61H,6-9H2,1-5H3,(H,64,65,66)(H,67,68,69). The first-order valence-electron chi connectivity index (χ1n) is 22.6. The van der Waals surface area contributed by atoms with Crippen molar-refractivity contribution in [2.45, 2.75) is 105 Å². The highest BCUT2D eigenvalue weighted by molar-refractivity contribution is 7.86. The van der Waals surface area contributed by atoms with Gasteiger partial charge in [0.1, 0.15) is 39.7 Å². The molecule has 0 heterocycles. The Morgan fingerprint density at radius 2 is 0.904 bits per heavy atom. The molecule has 2 unspecified atom stereocenters. The average Bonchev–Trinajstić information content (AvgIpc) is 3.33. The lowest BCUT2D eigenvalue weighted by Crippen LogP contribution is -2.54. The minimum atomic E-state index is -5.97. The van der Waals surface area contributed by atoms with Crippen LogP contribution in [0.2, 0.25) is 0 Å². The van der Waals surface area contributed by atoms with Crippen molar-refractivity contribution in [3.05, 3.63) is 178 Å². The molecular weight excluding hydrogens is 1010 g/mol. The molecule has 0 amide bonds. The summed E-state index contributed by atoms with van der Waals surface area (Å²) in [5.41, 5.74) is -9.83. The Hall–Kier alpha value is -6.61. The van der Waals surface area contributed by atoms with Gasteiger partial charge in [0.05, 0.1) is 4.90 Å². The zero-order valence-corrected chi connectivity index (χ0v) is 41.3. The molecule has 20 heteroatoms. The Kier molecular flexibility index (Phi) is 15.8. The summed E-state index contributed by atoms with van der Waals surface area (Å²) in [4.78, 5) is 24.9. The van der Waals surface area contributed by atoms with E-state index in [-0.39, 0.29) is 71.0 Å². The van der Waals surface area contributed by atoms with Crippen LogP contribution in [0.3, 0.4) is 0 Å². The first kappa shape index (κ1) is 55.7. The number of hydrogen-bond donors (Lipinski definition) is 3. The highest BCUT2D eigenvalue weighted by atomic mass is 32.2. The second-order valence-corrected chi connectivity index (χ2v) is 20.2. The van der Waals surface area contributed by atoms with Gasteiger partial charge in [-0.05, 0) is 128 Å². The third-order valence-electron chi connectivity index (χ3n) is 13.3. The van der Waals surface area contributed by atoms with Gasteiger partial charge in [0.2, 0.25) is 5.41 Å². The van der Waals surface area contributed by atoms with Crippen molar-refractivity contribution in [2.75, 3.05) is 0 Å². The Morgan fingerprint density at radius 3 is 1.33 bits per heavy atom. The molecule has 0 saturated heterocycles. The number of aromatic hydroxyl groups is 1. The lowest BCUT2D eigenvalue weighted by atomic mass is 9.70. The van der Waals surface area contributed by atoms with Crippen molar-refractivity contribution in [1.82, 2.24) is 0 Å². The number of benzene rings is 6. The number of phenols is 1. The molecule has 11 nitrogen and oxygen atoms in total. The van der Waals surface area contributed by atoms with Gasteiger partial charge in [-0.3, -0.25) is 18.7 Å². The maximum Gasteiger partial charge on any atom is 0.411 e. The minimum absolute atomic E-state index is 0.0604. The van der Waals surface area contributed by atoms with E-state index in [2.05, 4.69) is 0 Å². The molecule has 0 aliphatic rings. The van der Waals surface area contributed by atoms with Crippen molar-refractivity contribution in [3.63, 3.8) is 0 Å². The van der Waals surface area contributed by atoms with Crippen molar-refractivity contribution in [1.29, 1.82) is 0 Å². The van der Waals surface area contributed by atoms with Gasteiger partial charge in [0.15, 0.2) is 11.6 Å². The van der Waals surface area contributed by atoms with Crippen LogP contribution < -0.4 is 9.47 Å². The second kappa shape index (κ2) is 20.7. The van der Waals surface area contributed by atoms with Crippen molar-refractivity contribution in [3.8, 4) is 23.0 Å². The molecule has 388 valence electrons. The largest absolute Gasteiger partial charge is 0.506 e. The summed E-state index contributed by atoms with van der Waals surface area (Å²) in [6, 6.07) is 23.6. The fraction of sp³-hybridized carbons (Fsp3) is 0.283. The Bertz CT molecular complexity index is 3190. The van der Waals surface area contributed by atoms with Crippen molar-refractivity contribution >= 4 is 31.8 Å². The fourth-order valence-electron chi connectivity index (χ4n) is 9.02. The van der Waals surface area contributed by atoms with Gasteiger partial charge in [-0.2, -0.15) is 43.2 Å². The number of ketones is 2. The summed E-state index contributed by atoms with van der Waals surface area (Å²) in [5, 5.41) is 9.92. The van der Waals surface area contributed by atoms with E-state index < -0.39 is 93.2 Å². The highest BCUT2D eigenvalue weighted by Crippen LogP contribution is 2.57. The summed E-state index contributed by atoms with van der Waals surface area (Å²) in [6.45, 7) is 8.05. The molecule has 0 aliphatic carbocycles. The normalized spacial score (nSPS) is 14.0. The van der Waals surface area contributed by atoms with Crippen molar-refractivity contribution < 1.29 is 80.8 Å². The highest BCUT2D eigenvalue weighted by Gasteiger charge is 2.72. The summed E-state index contributed by atoms with van der Waals surface area (Å²) >= 11 is 0. The topological polar surface area (TPSA) is 182 Å². The van der Waals surface area contributed by atoms with Crippen LogP contribution in [-0.4, -0.2) is 61.1 Å². The molecule has 0 radical (unpaired) electrons. The van der Waals surface area contributed by atoms with Gasteiger partial charge in [-0.1, -0.05) is 88.4 Å². The van der Waals surface area contributed by atoms with Gasteiger partial charge < -0.3 is 14.6 Å². The summed E-state index contributed by atoms with van der Waals surface area (Å²) < 4.78 is 188. The number of phenolic OH excluding ortho intramolecular Hbond substituents is 1. The molecule has 0 fully saturated rings. The molecule has 0 aliphatic heterocycles. The molecule has 6 rings (SSSR count). The van der Waals surface area contributed by atoms with E-state index >= 15 is 26.3 Å². The predicted octanol–water partition coefficient (Wildman–Crippen LogP) is 13.1. The maximum atomic E-state index is 15.2. The molecule has 6 aromatic rings. The SMILES string of the molecule is CCC(Oc1ccc(C(c2ccc(Oc3ccc(C(=O)c4ccc(C(C)(F)CC)cc4)cc3)cc2)(C(F)(F)F)C(F)(F)F)cc1)C(CC)(CC)c1ccc(C(=O)c2ccc(O)c(S(=O)(=O)O)c2)cc1S(=O)(=O)O. The molecule has 6 aromatic carbocycles. The minimum Gasteiger partial charge on any atom is -0.506 e. The first-order chi connectivity index (χ1) is 34.0. The van der Waals surface area contributed by atoms with E-state index in [0.717, 1.165) is 42.5 Å². The van der Waals surface area contributed by atoms with Crippen LogP contribution in [-0.2, 0) is 36.7 Å². The van der Waals surface area contributed by atoms with Crippen LogP contribution in [0.25, 0.3) is 0 Å². The van der Waals surface area contributed by atoms with E-state index in [1.165, 1.54) is 67.6 Å². The predicted molar refractivity (Wildman–Crippen MR) is 255 cm³/mol. The zero-order valence-electron chi connectivity index (χ0n) is 39.7. The van der Waals surface area contributed by atoms with Crippen LogP contribution in [0.5, 0.6) is 23.0 Å². The number of halogens is 7. The first-order valence-corrected chi connectivity index (χ1v) is 25.5. The van der Waals surface area contributed by atoms with Crippen LogP contribution in [0.15, 0.2) is 143 Å². The molecule has 0 bridgehead atoms. The number of alkyl halides is 7. The third-order valence-corrected chi connectivity index (χ3v) is 15.1. The average molecular weight is 1060 g/mol. The van der Waals surface area contributed by atoms with E-state index in [0.29, 0.717) is 35.9 Å². The Labute approximate surface area is 417 Å². The molecule has 3 N–H and O–H groups in total. The zero-order chi connectivity index (χ0) is 54.1. The van der Waals surface area contributed by atoms with Crippen LogP contribution >= 0.6 is 0 Å². The quantitative estimate of drug-likeness (QED) is 0.0399. The Morgan fingerprint density at radius 1 is 0.521 bits per heavy atom. The summed E-state index contributed by atoms with van der Waals surface area (Å²) in [5.74, 6) is -2.46. The van der Waals surface area contributed by atoms with Gasteiger partial charge in [-0.25, -0.2) is 4.39 Å². The van der Waals surface area contributed by atoms with E-state index in [4.69, 9.17) is 9.47 Å². The van der Waals surface area contributed by atoms with Gasteiger partial charge >= 0.3 is 12.4 Å². The molecule has 0 aromatic heterocycles. The Balaban J connectivity index is 1.28. The van der Waals surface area contributed by atoms with Gasteiger partial charge in [-0.15, -0.1) is 0 Å².